The van der Waals surface area contributed by atoms with Crippen LogP contribution in [0.15, 0.2) is 0 Å². The van der Waals surface area contributed by atoms with Crippen molar-refractivity contribution >= 4 is 17.7 Å². The van der Waals surface area contributed by atoms with Gasteiger partial charge in [-0.3, -0.25) is 4.79 Å². The van der Waals surface area contributed by atoms with Gasteiger partial charge in [-0.05, 0) is 31.3 Å². The second-order valence-electron chi connectivity index (χ2n) is 4.24. The molecule has 0 unspecified atom stereocenters. The van der Waals surface area contributed by atoms with Crippen LogP contribution in [0.2, 0.25) is 0 Å². The normalized spacial score (nSPS) is 21.5. The van der Waals surface area contributed by atoms with Crippen LogP contribution in [-0.2, 0) is 4.79 Å². The van der Waals surface area contributed by atoms with E-state index in [-0.39, 0.29) is 5.41 Å². The number of carbonyl (C=O) groups is 1. The predicted octanol–water partition coefficient (Wildman–Crippen LogP) is 3.16. The first-order chi connectivity index (χ1) is 6.71. The summed E-state index contributed by atoms with van der Waals surface area (Å²) >= 11 is 1.75. The maximum absolute atomic E-state index is 11.3. The molecule has 2 nitrogen and oxygen atoms in total. The van der Waals surface area contributed by atoms with Crippen LogP contribution in [0.25, 0.3) is 0 Å². The second-order valence-corrected chi connectivity index (χ2v) is 5.23. The van der Waals surface area contributed by atoms with Gasteiger partial charge in [0, 0.05) is 0 Å². The van der Waals surface area contributed by atoms with Crippen molar-refractivity contribution in [2.45, 2.75) is 44.9 Å². The van der Waals surface area contributed by atoms with Crippen molar-refractivity contribution in [3.05, 3.63) is 0 Å². The Labute approximate surface area is 90.5 Å². The lowest BCUT2D eigenvalue weighted by molar-refractivity contribution is -0.150. The van der Waals surface area contributed by atoms with Gasteiger partial charge < -0.3 is 5.11 Å². The van der Waals surface area contributed by atoms with Crippen molar-refractivity contribution < 1.29 is 9.90 Å². The minimum absolute atomic E-state index is 0.389. The molecule has 0 saturated heterocycles. The second kappa shape index (κ2) is 5.64. The third-order valence-electron chi connectivity index (χ3n) is 3.30. The zero-order valence-electron chi connectivity index (χ0n) is 8.92. The van der Waals surface area contributed by atoms with Gasteiger partial charge in [0.05, 0.1) is 5.41 Å². The number of carboxylic acids is 1. The Bertz CT molecular complexity index is 184. The highest BCUT2D eigenvalue weighted by Crippen LogP contribution is 2.39. The Morgan fingerprint density at radius 1 is 1.29 bits per heavy atom. The lowest BCUT2D eigenvalue weighted by atomic mass is 9.78. The van der Waals surface area contributed by atoms with Gasteiger partial charge in [-0.15, -0.1) is 0 Å². The van der Waals surface area contributed by atoms with Crippen LogP contribution in [0, 0.1) is 5.41 Å². The summed E-state index contributed by atoms with van der Waals surface area (Å²) in [5, 5.41) is 9.33. The van der Waals surface area contributed by atoms with E-state index < -0.39 is 5.97 Å². The van der Waals surface area contributed by atoms with Crippen molar-refractivity contribution in [3.8, 4) is 0 Å². The van der Waals surface area contributed by atoms with E-state index in [1.54, 1.807) is 11.8 Å². The van der Waals surface area contributed by atoms with Crippen LogP contribution in [0.1, 0.15) is 44.9 Å². The SMILES string of the molecule is CSCCC1(C(=O)O)CCCCCC1. The molecule has 1 N–H and O–H groups in total. The lowest BCUT2D eigenvalue weighted by Gasteiger charge is -2.27. The highest BCUT2D eigenvalue weighted by atomic mass is 32.2. The third-order valence-corrected chi connectivity index (χ3v) is 3.91. The summed E-state index contributed by atoms with van der Waals surface area (Å²) < 4.78 is 0. The van der Waals surface area contributed by atoms with Crippen molar-refractivity contribution in [1.82, 2.24) is 0 Å². The Morgan fingerprint density at radius 3 is 2.29 bits per heavy atom. The molecule has 0 aliphatic heterocycles. The highest BCUT2D eigenvalue weighted by Gasteiger charge is 2.37. The molecule has 0 aromatic heterocycles. The Balaban J connectivity index is 2.62. The first-order valence-corrected chi connectivity index (χ1v) is 6.83. The average Bonchev–Trinajstić information content (AvgIpc) is 2.41. The Morgan fingerprint density at radius 2 is 1.86 bits per heavy atom. The van der Waals surface area contributed by atoms with Crippen molar-refractivity contribution in [1.29, 1.82) is 0 Å². The average molecular weight is 216 g/mol. The van der Waals surface area contributed by atoms with E-state index in [1.807, 2.05) is 6.26 Å². The monoisotopic (exact) mass is 216 g/mol. The molecular formula is C11H20O2S. The molecule has 1 fully saturated rings. The fourth-order valence-electron chi connectivity index (χ4n) is 2.27. The van der Waals surface area contributed by atoms with Crippen molar-refractivity contribution in [3.63, 3.8) is 0 Å². The minimum atomic E-state index is -0.562. The summed E-state index contributed by atoms with van der Waals surface area (Å²) in [6, 6.07) is 0. The standard InChI is InChI=1S/C11H20O2S/c1-14-9-8-11(10(12)13)6-4-2-3-5-7-11/h2-9H2,1H3,(H,12,13). The molecule has 14 heavy (non-hydrogen) atoms. The molecule has 0 heterocycles. The van der Waals surface area contributed by atoms with Crippen LogP contribution in [0.3, 0.4) is 0 Å². The number of hydrogen-bond acceptors (Lipinski definition) is 2. The number of thioether (sulfide) groups is 1. The predicted molar refractivity (Wildman–Crippen MR) is 60.8 cm³/mol. The fraction of sp³-hybridized carbons (Fsp3) is 0.909. The Hall–Kier alpha value is -0.180. The van der Waals surface area contributed by atoms with E-state index in [0.29, 0.717) is 0 Å². The molecule has 0 atom stereocenters. The van der Waals surface area contributed by atoms with Crippen LogP contribution in [0.4, 0.5) is 0 Å². The van der Waals surface area contributed by atoms with E-state index >= 15 is 0 Å². The van der Waals surface area contributed by atoms with Gasteiger partial charge in [0.25, 0.3) is 0 Å². The Kier molecular flexibility index (Phi) is 4.79. The van der Waals surface area contributed by atoms with E-state index in [2.05, 4.69) is 0 Å². The largest absolute Gasteiger partial charge is 0.481 e. The van der Waals surface area contributed by atoms with Crippen LogP contribution in [0.5, 0.6) is 0 Å². The summed E-state index contributed by atoms with van der Waals surface area (Å²) in [4.78, 5) is 11.3. The summed E-state index contributed by atoms with van der Waals surface area (Å²) in [5.41, 5.74) is -0.389. The van der Waals surface area contributed by atoms with Crippen molar-refractivity contribution in [2.75, 3.05) is 12.0 Å². The van der Waals surface area contributed by atoms with Gasteiger partial charge in [-0.25, -0.2) is 0 Å². The molecule has 1 saturated carbocycles. The summed E-state index contributed by atoms with van der Waals surface area (Å²) in [6.07, 6.45) is 9.31. The number of carboxylic acid groups (broad SMARTS) is 1. The van der Waals surface area contributed by atoms with Crippen LogP contribution in [-0.4, -0.2) is 23.1 Å². The number of aliphatic carboxylic acids is 1. The molecule has 0 bridgehead atoms. The zero-order chi connectivity index (χ0) is 10.4. The molecule has 0 aromatic carbocycles. The molecule has 0 spiro atoms. The maximum atomic E-state index is 11.3. The van der Waals surface area contributed by atoms with Gasteiger partial charge >= 0.3 is 5.97 Å². The first-order valence-electron chi connectivity index (χ1n) is 5.44. The maximum Gasteiger partial charge on any atom is 0.309 e. The minimum Gasteiger partial charge on any atom is -0.481 e. The molecule has 82 valence electrons. The quantitative estimate of drug-likeness (QED) is 0.733. The van der Waals surface area contributed by atoms with E-state index in [1.165, 1.54) is 12.8 Å². The molecule has 0 radical (unpaired) electrons. The first kappa shape index (κ1) is 11.9. The number of rotatable bonds is 4. The lowest BCUT2D eigenvalue weighted by Crippen LogP contribution is -2.31. The van der Waals surface area contributed by atoms with Gasteiger partial charge in [0.2, 0.25) is 0 Å². The van der Waals surface area contributed by atoms with Crippen LogP contribution < -0.4 is 0 Å². The van der Waals surface area contributed by atoms with Gasteiger partial charge in [-0.2, -0.15) is 11.8 Å². The molecule has 1 aliphatic rings. The fourth-order valence-corrected chi connectivity index (χ4v) is 2.87. The van der Waals surface area contributed by atoms with E-state index in [4.69, 9.17) is 0 Å². The van der Waals surface area contributed by atoms with Crippen molar-refractivity contribution in [2.24, 2.45) is 5.41 Å². The summed E-state index contributed by atoms with van der Waals surface area (Å²) in [7, 11) is 0. The molecule has 3 heteroatoms. The third kappa shape index (κ3) is 2.91. The molecule has 1 aliphatic carbocycles. The van der Waals surface area contributed by atoms with Gasteiger partial charge in [0.15, 0.2) is 0 Å². The zero-order valence-corrected chi connectivity index (χ0v) is 9.74. The highest BCUT2D eigenvalue weighted by molar-refractivity contribution is 7.98. The number of hydrogen-bond donors (Lipinski definition) is 1. The summed E-state index contributed by atoms with van der Waals surface area (Å²) in [5.74, 6) is 0.417. The van der Waals surface area contributed by atoms with E-state index in [9.17, 15) is 9.90 Å². The molecule has 0 aromatic rings. The van der Waals surface area contributed by atoms with Crippen LogP contribution >= 0.6 is 11.8 Å². The molecular weight excluding hydrogens is 196 g/mol. The molecule has 1 rings (SSSR count). The van der Waals surface area contributed by atoms with Gasteiger partial charge in [-0.1, -0.05) is 25.7 Å². The topological polar surface area (TPSA) is 37.3 Å². The smallest absolute Gasteiger partial charge is 0.309 e. The van der Waals surface area contributed by atoms with Gasteiger partial charge in [0.1, 0.15) is 0 Å². The van der Waals surface area contributed by atoms with E-state index in [0.717, 1.165) is 37.9 Å². The molecule has 0 amide bonds. The summed E-state index contributed by atoms with van der Waals surface area (Å²) in [6.45, 7) is 0.